The van der Waals surface area contributed by atoms with Crippen LogP contribution in [0.4, 0.5) is 5.69 Å². The van der Waals surface area contributed by atoms with Gasteiger partial charge in [0, 0.05) is 15.6 Å². The number of rotatable bonds is 4. The molecule has 4 nitrogen and oxygen atoms in total. The minimum atomic E-state index is -0.879. The Morgan fingerprint density at radius 2 is 1.86 bits per heavy atom. The zero-order chi connectivity index (χ0) is 15.4. The fraction of sp³-hybridized carbons (Fsp3) is 0.200. The smallest absolute Gasteiger partial charge is 0.349 e. The third kappa shape index (κ3) is 4.31. The van der Waals surface area contributed by atoms with Gasteiger partial charge >= 0.3 is 5.97 Å². The van der Waals surface area contributed by atoms with Crippen LogP contribution in [0.3, 0.4) is 0 Å². The largest absolute Gasteiger partial charge is 0.448 e. The number of ether oxygens (including phenoxy) is 1. The van der Waals surface area contributed by atoms with Crippen molar-refractivity contribution in [3.05, 3.63) is 51.2 Å². The summed E-state index contributed by atoms with van der Waals surface area (Å²) in [4.78, 5) is 25.3. The van der Waals surface area contributed by atoms with Gasteiger partial charge in [0.15, 0.2) is 6.10 Å². The minimum Gasteiger partial charge on any atom is -0.448 e. The van der Waals surface area contributed by atoms with Crippen LogP contribution in [0.15, 0.2) is 36.4 Å². The predicted molar refractivity (Wildman–Crippen MR) is 84.0 cm³/mol. The Bertz CT molecular complexity index is 651. The number of anilines is 1. The molecule has 0 bridgehead atoms. The minimum absolute atomic E-state index is 0.390. The second kappa shape index (κ2) is 6.74. The van der Waals surface area contributed by atoms with E-state index < -0.39 is 12.1 Å². The molecular weight excluding hydrogens is 310 g/mol. The van der Waals surface area contributed by atoms with E-state index in [4.69, 9.17) is 16.3 Å². The van der Waals surface area contributed by atoms with Crippen LogP contribution in [0.2, 0.25) is 5.02 Å². The Kier molecular flexibility index (Phi) is 4.98. The first-order valence-corrected chi connectivity index (χ1v) is 7.49. The van der Waals surface area contributed by atoms with E-state index in [1.807, 2.05) is 13.0 Å². The summed E-state index contributed by atoms with van der Waals surface area (Å²) in [7, 11) is 0. The first-order chi connectivity index (χ1) is 9.95. The van der Waals surface area contributed by atoms with Gasteiger partial charge in [-0.05, 0) is 50.2 Å². The normalized spacial score (nSPS) is 11.8. The molecule has 0 unspecified atom stereocenters. The van der Waals surface area contributed by atoms with E-state index >= 15 is 0 Å². The van der Waals surface area contributed by atoms with Crippen LogP contribution in [-0.2, 0) is 9.53 Å². The summed E-state index contributed by atoms with van der Waals surface area (Å²) in [5.41, 5.74) is 0.597. The first kappa shape index (κ1) is 15.5. The van der Waals surface area contributed by atoms with Gasteiger partial charge < -0.3 is 10.1 Å². The number of benzene rings is 1. The van der Waals surface area contributed by atoms with E-state index in [-0.39, 0.29) is 5.91 Å². The molecule has 2 rings (SSSR count). The maximum atomic E-state index is 12.0. The number of nitrogens with one attached hydrogen (secondary N) is 1. The molecule has 1 aromatic heterocycles. The molecule has 1 heterocycles. The van der Waals surface area contributed by atoms with Crippen molar-refractivity contribution >= 4 is 40.5 Å². The van der Waals surface area contributed by atoms with Crippen molar-refractivity contribution in [2.24, 2.45) is 0 Å². The number of aryl methyl sites for hydroxylation is 1. The molecule has 1 atom stereocenters. The molecule has 1 amide bonds. The SMILES string of the molecule is Cc1ccc(C(=O)O[C@H](C)C(=O)Nc2ccc(Cl)cc2)s1. The molecule has 1 aromatic carbocycles. The second-order valence-electron chi connectivity index (χ2n) is 4.45. The van der Waals surface area contributed by atoms with E-state index in [2.05, 4.69) is 5.32 Å². The molecule has 0 fully saturated rings. The van der Waals surface area contributed by atoms with Gasteiger partial charge in [-0.1, -0.05) is 11.6 Å². The Labute approximate surface area is 131 Å². The number of thiophene rings is 1. The number of hydrogen-bond acceptors (Lipinski definition) is 4. The lowest BCUT2D eigenvalue weighted by atomic mass is 10.3. The van der Waals surface area contributed by atoms with Crippen molar-refractivity contribution in [2.45, 2.75) is 20.0 Å². The highest BCUT2D eigenvalue weighted by Crippen LogP contribution is 2.17. The monoisotopic (exact) mass is 323 g/mol. The third-order valence-corrected chi connectivity index (χ3v) is 3.94. The number of esters is 1. The molecule has 21 heavy (non-hydrogen) atoms. The van der Waals surface area contributed by atoms with Crippen LogP contribution in [0.25, 0.3) is 0 Å². The van der Waals surface area contributed by atoms with Gasteiger partial charge in [-0.3, -0.25) is 4.79 Å². The van der Waals surface area contributed by atoms with E-state index in [1.54, 1.807) is 30.3 Å². The predicted octanol–water partition coefficient (Wildman–Crippen LogP) is 3.89. The quantitative estimate of drug-likeness (QED) is 0.868. The number of halogens is 1. The molecule has 0 aliphatic carbocycles. The van der Waals surface area contributed by atoms with Gasteiger partial charge in [-0.15, -0.1) is 11.3 Å². The van der Waals surface area contributed by atoms with Crippen LogP contribution in [0.5, 0.6) is 0 Å². The third-order valence-electron chi connectivity index (χ3n) is 2.71. The molecule has 0 saturated carbocycles. The number of carbonyl (C=O) groups is 2. The summed E-state index contributed by atoms with van der Waals surface area (Å²) >= 11 is 7.10. The summed E-state index contributed by atoms with van der Waals surface area (Å²) in [6, 6.07) is 10.2. The van der Waals surface area contributed by atoms with Gasteiger partial charge in [0.2, 0.25) is 0 Å². The van der Waals surface area contributed by atoms with Gasteiger partial charge in [0.05, 0.1) is 0 Å². The first-order valence-electron chi connectivity index (χ1n) is 6.29. The number of hydrogen-bond donors (Lipinski definition) is 1. The van der Waals surface area contributed by atoms with Gasteiger partial charge in [0.1, 0.15) is 4.88 Å². The highest BCUT2D eigenvalue weighted by atomic mass is 35.5. The Hall–Kier alpha value is -1.85. The Balaban J connectivity index is 1.93. The fourth-order valence-corrected chi connectivity index (χ4v) is 2.47. The lowest BCUT2D eigenvalue weighted by Gasteiger charge is -2.13. The molecule has 0 aliphatic heterocycles. The molecule has 0 spiro atoms. The fourth-order valence-electron chi connectivity index (χ4n) is 1.59. The van der Waals surface area contributed by atoms with E-state index in [1.165, 1.54) is 18.3 Å². The summed E-state index contributed by atoms with van der Waals surface area (Å²) in [5.74, 6) is -0.884. The Morgan fingerprint density at radius 3 is 2.43 bits per heavy atom. The molecule has 1 N–H and O–H groups in total. The van der Waals surface area contributed by atoms with Crippen molar-refractivity contribution in [1.29, 1.82) is 0 Å². The van der Waals surface area contributed by atoms with Crippen LogP contribution in [0.1, 0.15) is 21.5 Å². The standard InChI is InChI=1S/C15H14ClNO3S/c1-9-3-8-13(21-9)15(19)20-10(2)14(18)17-12-6-4-11(16)5-7-12/h3-8,10H,1-2H3,(H,17,18)/t10-/m1/s1. The van der Waals surface area contributed by atoms with Crippen LogP contribution >= 0.6 is 22.9 Å². The van der Waals surface area contributed by atoms with Crippen molar-refractivity contribution in [2.75, 3.05) is 5.32 Å². The van der Waals surface area contributed by atoms with E-state index in [9.17, 15) is 9.59 Å². The van der Waals surface area contributed by atoms with Crippen molar-refractivity contribution in [1.82, 2.24) is 0 Å². The molecule has 0 saturated heterocycles. The zero-order valence-electron chi connectivity index (χ0n) is 11.6. The lowest BCUT2D eigenvalue weighted by Crippen LogP contribution is -2.29. The van der Waals surface area contributed by atoms with Crippen molar-refractivity contribution < 1.29 is 14.3 Å². The Morgan fingerprint density at radius 1 is 1.19 bits per heavy atom. The number of amides is 1. The van der Waals surface area contributed by atoms with Crippen LogP contribution in [-0.4, -0.2) is 18.0 Å². The van der Waals surface area contributed by atoms with Gasteiger partial charge in [-0.25, -0.2) is 4.79 Å². The summed E-state index contributed by atoms with van der Waals surface area (Å²) in [6.07, 6.45) is -0.879. The molecule has 110 valence electrons. The second-order valence-corrected chi connectivity index (χ2v) is 6.18. The highest BCUT2D eigenvalue weighted by Gasteiger charge is 2.19. The maximum Gasteiger partial charge on any atom is 0.349 e. The molecule has 6 heteroatoms. The molecular formula is C15H14ClNO3S. The topological polar surface area (TPSA) is 55.4 Å². The van der Waals surface area contributed by atoms with E-state index in [0.29, 0.717) is 15.6 Å². The molecule has 0 radical (unpaired) electrons. The average Bonchev–Trinajstić information content (AvgIpc) is 2.88. The summed E-state index contributed by atoms with van der Waals surface area (Å²) < 4.78 is 5.14. The summed E-state index contributed by atoms with van der Waals surface area (Å²) in [5, 5.41) is 3.24. The summed E-state index contributed by atoms with van der Waals surface area (Å²) in [6.45, 7) is 3.43. The van der Waals surface area contributed by atoms with Crippen molar-refractivity contribution in [3.8, 4) is 0 Å². The van der Waals surface area contributed by atoms with E-state index in [0.717, 1.165) is 4.88 Å². The lowest BCUT2D eigenvalue weighted by molar-refractivity contribution is -0.123. The van der Waals surface area contributed by atoms with Crippen LogP contribution in [0, 0.1) is 6.92 Å². The van der Waals surface area contributed by atoms with Gasteiger partial charge in [0.25, 0.3) is 5.91 Å². The average molecular weight is 324 g/mol. The van der Waals surface area contributed by atoms with Crippen LogP contribution < -0.4 is 5.32 Å². The molecule has 0 aliphatic rings. The maximum absolute atomic E-state index is 12.0. The van der Waals surface area contributed by atoms with Crippen molar-refractivity contribution in [3.63, 3.8) is 0 Å². The highest BCUT2D eigenvalue weighted by molar-refractivity contribution is 7.13. The zero-order valence-corrected chi connectivity index (χ0v) is 13.1. The number of carbonyl (C=O) groups excluding carboxylic acids is 2. The molecule has 2 aromatic rings. The van der Waals surface area contributed by atoms with Gasteiger partial charge in [-0.2, -0.15) is 0 Å².